The zero-order valence-corrected chi connectivity index (χ0v) is 12.5. The van der Waals surface area contributed by atoms with Gasteiger partial charge in [0.05, 0.1) is 12.2 Å². The SMILES string of the molecule is CCc1nnsc1C(=O)NCc1ccccc1C#CCN. The third-order valence-electron chi connectivity index (χ3n) is 2.88. The molecule has 108 valence electrons. The Morgan fingerprint density at radius 1 is 1.43 bits per heavy atom. The Hall–Kier alpha value is -2.23. The van der Waals surface area contributed by atoms with Gasteiger partial charge in [0.2, 0.25) is 0 Å². The van der Waals surface area contributed by atoms with Crippen LogP contribution in [0.3, 0.4) is 0 Å². The maximum atomic E-state index is 12.1. The van der Waals surface area contributed by atoms with Crippen LogP contribution in [0.2, 0.25) is 0 Å². The van der Waals surface area contributed by atoms with E-state index in [1.165, 1.54) is 0 Å². The number of carbonyl (C=O) groups is 1. The van der Waals surface area contributed by atoms with Gasteiger partial charge in [0.1, 0.15) is 4.88 Å². The Labute approximate surface area is 127 Å². The van der Waals surface area contributed by atoms with Crippen molar-refractivity contribution in [2.75, 3.05) is 6.54 Å². The molecule has 0 fully saturated rings. The Morgan fingerprint density at radius 3 is 3.00 bits per heavy atom. The van der Waals surface area contributed by atoms with Crippen molar-refractivity contribution in [3.05, 3.63) is 46.0 Å². The van der Waals surface area contributed by atoms with Crippen molar-refractivity contribution in [2.24, 2.45) is 5.73 Å². The quantitative estimate of drug-likeness (QED) is 0.835. The minimum atomic E-state index is -0.150. The summed E-state index contributed by atoms with van der Waals surface area (Å²) in [4.78, 5) is 12.7. The molecular formula is C15H16N4OS. The van der Waals surface area contributed by atoms with Gasteiger partial charge in [-0.25, -0.2) is 0 Å². The normalized spacial score (nSPS) is 9.81. The van der Waals surface area contributed by atoms with Crippen LogP contribution in [0.25, 0.3) is 0 Å². The third kappa shape index (κ3) is 3.88. The maximum Gasteiger partial charge on any atom is 0.265 e. The molecule has 2 rings (SSSR count). The van der Waals surface area contributed by atoms with E-state index < -0.39 is 0 Å². The minimum Gasteiger partial charge on any atom is -0.347 e. The van der Waals surface area contributed by atoms with Gasteiger partial charge in [0.25, 0.3) is 5.91 Å². The highest BCUT2D eigenvalue weighted by Gasteiger charge is 2.14. The molecule has 6 heteroatoms. The van der Waals surface area contributed by atoms with Crippen LogP contribution in [0.15, 0.2) is 24.3 Å². The Morgan fingerprint density at radius 2 is 2.24 bits per heavy atom. The second-order valence-corrected chi connectivity index (χ2v) is 5.00. The second kappa shape index (κ2) is 7.53. The van der Waals surface area contributed by atoms with Crippen LogP contribution in [0, 0.1) is 11.8 Å². The summed E-state index contributed by atoms with van der Waals surface area (Å²) in [6, 6.07) is 7.68. The molecule has 0 saturated carbocycles. The lowest BCUT2D eigenvalue weighted by molar-refractivity contribution is 0.0954. The third-order valence-corrected chi connectivity index (χ3v) is 3.65. The topological polar surface area (TPSA) is 80.9 Å². The monoisotopic (exact) mass is 300 g/mol. The number of hydrogen-bond donors (Lipinski definition) is 2. The molecule has 5 nitrogen and oxygen atoms in total. The largest absolute Gasteiger partial charge is 0.347 e. The van der Waals surface area contributed by atoms with Crippen molar-refractivity contribution in [1.29, 1.82) is 0 Å². The summed E-state index contributed by atoms with van der Waals surface area (Å²) >= 11 is 1.12. The summed E-state index contributed by atoms with van der Waals surface area (Å²) in [5, 5.41) is 6.83. The van der Waals surface area contributed by atoms with E-state index in [2.05, 4.69) is 26.7 Å². The summed E-state index contributed by atoms with van der Waals surface area (Å²) < 4.78 is 3.82. The van der Waals surface area contributed by atoms with Crippen LogP contribution in [-0.2, 0) is 13.0 Å². The summed E-state index contributed by atoms with van der Waals surface area (Å²) in [5.74, 6) is 5.68. The first-order valence-corrected chi connectivity index (χ1v) is 7.39. The summed E-state index contributed by atoms with van der Waals surface area (Å²) in [6.45, 7) is 2.67. The number of aromatic nitrogens is 2. The van der Waals surface area contributed by atoms with E-state index in [1.54, 1.807) is 0 Å². The number of nitrogens with zero attached hydrogens (tertiary/aromatic N) is 2. The molecule has 0 aliphatic carbocycles. The number of nitrogens with one attached hydrogen (secondary N) is 1. The molecule has 0 unspecified atom stereocenters. The second-order valence-electron chi connectivity index (χ2n) is 4.25. The zero-order valence-electron chi connectivity index (χ0n) is 11.7. The van der Waals surface area contributed by atoms with Gasteiger partial charge >= 0.3 is 0 Å². The lowest BCUT2D eigenvalue weighted by Crippen LogP contribution is -2.23. The number of amides is 1. The maximum absolute atomic E-state index is 12.1. The average Bonchev–Trinajstić information content (AvgIpc) is 3.00. The highest BCUT2D eigenvalue weighted by Crippen LogP contribution is 2.12. The van der Waals surface area contributed by atoms with Gasteiger partial charge in [-0.1, -0.05) is 41.5 Å². The number of hydrogen-bond acceptors (Lipinski definition) is 5. The van der Waals surface area contributed by atoms with Crippen LogP contribution in [0.4, 0.5) is 0 Å². The molecule has 21 heavy (non-hydrogen) atoms. The summed E-state index contributed by atoms with van der Waals surface area (Å²) in [6.07, 6.45) is 0.692. The van der Waals surface area contributed by atoms with E-state index in [0.29, 0.717) is 24.4 Å². The number of aryl methyl sites for hydroxylation is 1. The number of rotatable bonds is 4. The molecule has 1 heterocycles. The van der Waals surface area contributed by atoms with Crippen LogP contribution < -0.4 is 11.1 Å². The molecule has 3 N–H and O–H groups in total. The molecule has 0 aliphatic heterocycles. The van der Waals surface area contributed by atoms with Crippen molar-refractivity contribution in [1.82, 2.24) is 14.9 Å². The Balaban J connectivity index is 2.08. The van der Waals surface area contributed by atoms with Crippen LogP contribution in [0.1, 0.15) is 33.4 Å². The Bertz CT molecular complexity index is 684. The molecule has 0 spiro atoms. The van der Waals surface area contributed by atoms with Gasteiger partial charge in [-0.2, -0.15) is 0 Å². The fraction of sp³-hybridized carbons (Fsp3) is 0.267. The fourth-order valence-corrected chi connectivity index (χ4v) is 2.48. The fourth-order valence-electron chi connectivity index (χ4n) is 1.81. The van der Waals surface area contributed by atoms with E-state index in [1.807, 2.05) is 31.2 Å². The lowest BCUT2D eigenvalue weighted by Gasteiger charge is -2.06. The smallest absolute Gasteiger partial charge is 0.265 e. The van der Waals surface area contributed by atoms with Gasteiger partial charge in [-0.3, -0.25) is 4.79 Å². The molecule has 0 bridgehead atoms. The molecule has 0 saturated heterocycles. The van der Waals surface area contributed by atoms with Gasteiger partial charge in [0.15, 0.2) is 0 Å². The molecule has 1 aromatic heterocycles. The first-order chi connectivity index (χ1) is 10.3. The van der Waals surface area contributed by atoms with Crippen molar-refractivity contribution in [3.8, 4) is 11.8 Å². The van der Waals surface area contributed by atoms with Crippen molar-refractivity contribution < 1.29 is 4.79 Å². The van der Waals surface area contributed by atoms with E-state index in [9.17, 15) is 4.79 Å². The van der Waals surface area contributed by atoms with Crippen molar-refractivity contribution >= 4 is 17.4 Å². The molecule has 1 aromatic carbocycles. The molecule has 0 atom stereocenters. The van der Waals surface area contributed by atoms with Gasteiger partial charge in [-0.15, -0.1) is 5.10 Å². The van der Waals surface area contributed by atoms with E-state index >= 15 is 0 Å². The first-order valence-electron chi connectivity index (χ1n) is 6.62. The van der Waals surface area contributed by atoms with E-state index in [0.717, 1.165) is 28.4 Å². The number of nitrogens with two attached hydrogens (primary N) is 1. The number of benzene rings is 1. The predicted molar refractivity (Wildman–Crippen MR) is 82.8 cm³/mol. The van der Waals surface area contributed by atoms with Crippen LogP contribution >= 0.6 is 11.5 Å². The highest BCUT2D eigenvalue weighted by atomic mass is 32.1. The standard InChI is InChI=1S/C15H16N4OS/c1-2-13-14(21-19-18-13)15(20)17-10-12-7-4-3-6-11(12)8-5-9-16/h3-4,6-7H,2,9-10,16H2,1H3,(H,17,20). The van der Waals surface area contributed by atoms with Gasteiger partial charge in [-0.05, 0) is 29.6 Å². The van der Waals surface area contributed by atoms with E-state index in [-0.39, 0.29) is 5.91 Å². The molecule has 0 aliphatic rings. The summed E-state index contributed by atoms with van der Waals surface area (Å²) in [7, 11) is 0. The molecule has 2 aromatic rings. The van der Waals surface area contributed by atoms with Crippen molar-refractivity contribution in [2.45, 2.75) is 19.9 Å². The zero-order chi connectivity index (χ0) is 15.1. The van der Waals surface area contributed by atoms with Gasteiger partial charge in [0, 0.05) is 12.1 Å². The average molecular weight is 300 g/mol. The van der Waals surface area contributed by atoms with Crippen LogP contribution in [-0.4, -0.2) is 22.0 Å². The Kier molecular flexibility index (Phi) is 5.43. The highest BCUT2D eigenvalue weighted by molar-refractivity contribution is 7.08. The molecular weight excluding hydrogens is 284 g/mol. The molecule has 0 radical (unpaired) electrons. The first kappa shape index (κ1) is 15.2. The summed E-state index contributed by atoms with van der Waals surface area (Å²) in [5.41, 5.74) is 7.96. The molecule has 1 amide bonds. The minimum absolute atomic E-state index is 0.150. The predicted octanol–water partition coefficient (Wildman–Crippen LogP) is 1.34. The van der Waals surface area contributed by atoms with Crippen LogP contribution in [0.5, 0.6) is 0 Å². The van der Waals surface area contributed by atoms with Gasteiger partial charge < -0.3 is 11.1 Å². The van der Waals surface area contributed by atoms with E-state index in [4.69, 9.17) is 5.73 Å². The number of carbonyl (C=O) groups excluding carboxylic acids is 1. The lowest BCUT2D eigenvalue weighted by atomic mass is 10.1. The van der Waals surface area contributed by atoms with Crippen molar-refractivity contribution in [3.63, 3.8) is 0 Å².